The Kier molecular flexibility index (Phi) is 1.97. The van der Waals surface area contributed by atoms with Crippen LogP contribution in [0.3, 0.4) is 0 Å². The van der Waals surface area contributed by atoms with Crippen LogP contribution in [-0.4, -0.2) is 30.4 Å². The van der Waals surface area contributed by atoms with Gasteiger partial charge in [-0.2, -0.15) is 5.06 Å². The van der Waals surface area contributed by atoms with Crippen LogP contribution in [0.25, 0.3) is 0 Å². The number of carbonyl (C=O) groups is 1. The molecule has 1 amide bonds. The fourth-order valence-electron chi connectivity index (χ4n) is 2.02. The number of nitrogens with zero attached hydrogens (tertiary/aromatic N) is 1. The summed E-state index contributed by atoms with van der Waals surface area (Å²) in [4.78, 5) is 17.3. The number of ether oxygens (including phenoxy) is 1. The second kappa shape index (κ2) is 3.32. The van der Waals surface area contributed by atoms with Gasteiger partial charge in [-0.15, -0.1) is 0 Å². The van der Waals surface area contributed by atoms with E-state index in [0.29, 0.717) is 19.6 Å². The first-order valence-corrected chi connectivity index (χ1v) is 5.02. The zero-order valence-corrected chi connectivity index (χ0v) is 8.18. The topological polar surface area (TPSA) is 38.8 Å². The highest BCUT2D eigenvalue weighted by Crippen LogP contribution is 2.25. The molecule has 1 fully saturated rings. The Hall–Kier alpha value is -1.39. The van der Waals surface area contributed by atoms with E-state index in [0.717, 1.165) is 11.1 Å². The van der Waals surface area contributed by atoms with Gasteiger partial charge in [-0.05, 0) is 11.6 Å². The lowest BCUT2D eigenvalue weighted by atomic mass is 9.99. The fourth-order valence-corrected chi connectivity index (χ4v) is 2.02. The van der Waals surface area contributed by atoms with Crippen LogP contribution in [0.4, 0.5) is 0 Å². The molecule has 0 aromatic heterocycles. The maximum Gasteiger partial charge on any atom is 0.280 e. The molecule has 2 aliphatic heterocycles. The Morgan fingerprint density at radius 2 is 2.13 bits per heavy atom. The molecule has 0 spiro atoms. The molecule has 4 nitrogen and oxygen atoms in total. The summed E-state index contributed by atoms with van der Waals surface area (Å²) in [5.41, 5.74) is 1.76. The van der Waals surface area contributed by atoms with E-state index in [1.54, 1.807) is 0 Å². The van der Waals surface area contributed by atoms with Crippen molar-refractivity contribution >= 4 is 5.91 Å². The standard InChI is InChI=1S/C11H11NO3/c13-11-9-4-2-1-3-8(9)7-10-12(11)15-6-5-14-10/h1-4,10H,5-7H2. The largest absolute Gasteiger partial charge is 0.353 e. The average Bonchev–Trinajstić information content (AvgIpc) is 2.30. The molecule has 1 atom stereocenters. The van der Waals surface area contributed by atoms with Crippen molar-refractivity contribution in [1.29, 1.82) is 0 Å². The molecule has 0 N–H and O–H groups in total. The summed E-state index contributed by atoms with van der Waals surface area (Å²) >= 11 is 0. The number of carbonyl (C=O) groups excluding carboxylic acids is 1. The minimum absolute atomic E-state index is 0.0958. The summed E-state index contributed by atoms with van der Waals surface area (Å²) in [6.07, 6.45) is 0.461. The van der Waals surface area contributed by atoms with Crippen molar-refractivity contribution in [1.82, 2.24) is 5.06 Å². The van der Waals surface area contributed by atoms with Crippen LogP contribution in [0, 0.1) is 0 Å². The zero-order valence-electron chi connectivity index (χ0n) is 8.18. The number of benzene rings is 1. The van der Waals surface area contributed by atoms with Gasteiger partial charge in [-0.25, -0.2) is 0 Å². The van der Waals surface area contributed by atoms with Gasteiger partial charge in [0.05, 0.1) is 13.2 Å². The highest BCUT2D eigenvalue weighted by molar-refractivity contribution is 5.96. The monoisotopic (exact) mass is 205 g/mol. The first-order valence-electron chi connectivity index (χ1n) is 5.02. The zero-order chi connectivity index (χ0) is 10.3. The van der Waals surface area contributed by atoms with Gasteiger partial charge in [0.1, 0.15) is 0 Å². The minimum Gasteiger partial charge on any atom is -0.353 e. The number of hydrogen-bond donors (Lipinski definition) is 0. The molecule has 4 heteroatoms. The number of hydroxylamine groups is 2. The molecule has 1 unspecified atom stereocenters. The fraction of sp³-hybridized carbons (Fsp3) is 0.364. The van der Waals surface area contributed by atoms with Crippen LogP contribution in [0.15, 0.2) is 24.3 Å². The summed E-state index contributed by atoms with van der Waals surface area (Å²) in [5, 5.41) is 1.35. The van der Waals surface area contributed by atoms with Gasteiger partial charge < -0.3 is 4.74 Å². The third-order valence-electron chi connectivity index (χ3n) is 2.73. The predicted molar refractivity (Wildman–Crippen MR) is 52.0 cm³/mol. The van der Waals surface area contributed by atoms with Crippen molar-refractivity contribution in [2.75, 3.05) is 13.2 Å². The second-order valence-electron chi connectivity index (χ2n) is 3.65. The molecule has 2 aliphatic rings. The van der Waals surface area contributed by atoms with E-state index in [4.69, 9.17) is 9.57 Å². The molecular weight excluding hydrogens is 194 g/mol. The van der Waals surface area contributed by atoms with E-state index in [9.17, 15) is 4.79 Å². The summed E-state index contributed by atoms with van der Waals surface area (Å²) in [6, 6.07) is 7.59. The summed E-state index contributed by atoms with van der Waals surface area (Å²) in [7, 11) is 0. The van der Waals surface area contributed by atoms with Gasteiger partial charge in [0.2, 0.25) is 0 Å². The third kappa shape index (κ3) is 1.33. The molecule has 0 radical (unpaired) electrons. The van der Waals surface area contributed by atoms with Crippen molar-refractivity contribution in [3.8, 4) is 0 Å². The van der Waals surface area contributed by atoms with Crippen molar-refractivity contribution in [3.63, 3.8) is 0 Å². The number of hydrogen-bond acceptors (Lipinski definition) is 3. The average molecular weight is 205 g/mol. The van der Waals surface area contributed by atoms with Crippen LogP contribution in [0.1, 0.15) is 15.9 Å². The van der Waals surface area contributed by atoms with Gasteiger partial charge in [0.15, 0.2) is 6.23 Å². The van der Waals surface area contributed by atoms with Crippen molar-refractivity contribution in [2.45, 2.75) is 12.6 Å². The Morgan fingerprint density at radius 1 is 1.27 bits per heavy atom. The summed E-state index contributed by atoms with van der Waals surface area (Å²) < 4.78 is 5.49. The van der Waals surface area contributed by atoms with Gasteiger partial charge in [0, 0.05) is 12.0 Å². The molecule has 78 valence electrons. The van der Waals surface area contributed by atoms with E-state index in [1.807, 2.05) is 24.3 Å². The first kappa shape index (κ1) is 8.88. The summed E-state index contributed by atoms with van der Waals surface area (Å²) in [6.45, 7) is 1.00. The molecule has 0 bridgehead atoms. The molecule has 1 saturated heterocycles. The van der Waals surface area contributed by atoms with Crippen molar-refractivity contribution < 1.29 is 14.4 Å². The maximum absolute atomic E-state index is 12.0. The SMILES string of the molecule is O=C1c2ccccc2CC2OCCON12. The summed E-state index contributed by atoms with van der Waals surface area (Å²) in [5.74, 6) is -0.0958. The predicted octanol–water partition coefficient (Wildman–Crippen LogP) is 0.973. The minimum atomic E-state index is -0.249. The molecule has 0 saturated carbocycles. The lowest BCUT2D eigenvalue weighted by Crippen LogP contribution is -2.50. The van der Waals surface area contributed by atoms with Crippen LogP contribution in [-0.2, 0) is 16.0 Å². The van der Waals surface area contributed by atoms with Crippen molar-refractivity contribution in [2.24, 2.45) is 0 Å². The lowest BCUT2D eigenvalue weighted by Gasteiger charge is -2.38. The van der Waals surface area contributed by atoms with E-state index in [-0.39, 0.29) is 12.1 Å². The smallest absolute Gasteiger partial charge is 0.280 e. The van der Waals surface area contributed by atoms with Crippen LogP contribution < -0.4 is 0 Å². The number of amides is 1. The van der Waals surface area contributed by atoms with Crippen LogP contribution in [0.2, 0.25) is 0 Å². The molecule has 1 aromatic carbocycles. The number of rotatable bonds is 0. The third-order valence-corrected chi connectivity index (χ3v) is 2.73. The quantitative estimate of drug-likeness (QED) is 0.633. The normalized spacial score (nSPS) is 24.7. The first-order chi connectivity index (χ1) is 7.36. The van der Waals surface area contributed by atoms with Gasteiger partial charge in [-0.1, -0.05) is 18.2 Å². The Morgan fingerprint density at radius 3 is 3.07 bits per heavy atom. The molecular formula is C11H11NO3. The highest BCUT2D eigenvalue weighted by atomic mass is 16.7. The second-order valence-corrected chi connectivity index (χ2v) is 3.65. The molecule has 3 rings (SSSR count). The highest BCUT2D eigenvalue weighted by Gasteiger charge is 2.35. The van der Waals surface area contributed by atoms with E-state index < -0.39 is 0 Å². The Labute approximate surface area is 87.3 Å². The van der Waals surface area contributed by atoms with Gasteiger partial charge in [0.25, 0.3) is 5.91 Å². The molecule has 15 heavy (non-hydrogen) atoms. The van der Waals surface area contributed by atoms with Gasteiger partial charge >= 0.3 is 0 Å². The Bertz CT molecular complexity index is 405. The maximum atomic E-state index is 12.0. The van der Waals surface area contributed by atoms with E-state index in [1.165, 1.54) is 5.06 Å². The molecule has 1 aromatic rings. The Balaban J connectivity index is 2.02. The molecule has 0 aliphatic carbocycles. The van der Waals surface area contributed by atoms with Crippen molar-refractivity contribution in [3.05, 3.63) is 35.4 Å². The van der Waals surface area contributed by atoms with Gasteiger partial charge in [-0.3, -0.25) is 9.63 Å². The number of fused-ring (bicyclic) bond motifs is 2. The van der Waals surface area contributed by atoms with E-state index >= 15 is 0 Å². The van der Waals surface area contributed by atoms with Crippen LogP contribution >= 0.6 is 0 Å². The van der Waals surface area contributed by atoms with E-state index in [2.05, 4.69) is 0 Å². The van der Waals surface area contributed by atoms with Crippen LogP contribution in [0.5, 0.6) is 0 Å². The lowest BCUT2D eigenvalue weighted by molar-refractivity contribution is -0.269. The molecule has 2 heterocycles.